The first-order valence-corrected chi connectivity index (χ1v) is 26.2. The maximum Gasteiger partial charge on any atom is 0.306 e. The minimum Gasteiger partial charge on any atom is -0.462 e. The fourth-order valence-electron chi connectivity index (χ4n) is 7.95. The van der Waals surface area contributed by atoms with Crippen LogP contribution in [0.4, 0.5) is 0 Å². The van der Waals surface area contributed by atoms with E-state index in [9.17, 15) is 19.8 Å². The number of allylic oxidation sites excluding steroid dienone is 6. The number of carbonyl (C=O) groups excluding carboxylic acids is 2. The van der Waals surface area contributed by atoms with E-state index in [2.05, 4.69) is 62.5 Å². The maximum atomic E-state index is 13.2. The third-order valence-electron chi connectivity index (χ3n) is 12.0. The molecule has 6 heteroatoms. The molecule has 0 aromatic heterocycles. The van der Waals surface area contributed by atoms with E-state index < -0.39 is 18.2 Å². The molecule has 0 saturated heterocycles. The molecule has 3 atom stereocenters. The van der Waals surface area contributed by atoms with Gasteiger partial charge in [-0.05, 0) is 77.0 Å². The Morgan fingerprint density at radius 3 is 1.30 bits per heavy atom. The number of hydrogen-bond donors (Lipinski definition) is 3. The zero-order valence-corrected chi connectivity index (χ0v) is 40.1. The number of amides is 1. The monoisotopic (exact) mass is 844 g/mol. The number of carbonyl (C=O) groups is 2. The van der Waals surface area contributed by atoms with Crippen LogP contribution in [0.1, 0.15) is 271 Å². The first-order valence-electron chi connectivity index (χ1n) is 26.2. The Morgan fingerprint density at radius 2 is 0.850 bits per heavy atom. The molecule has 3 unspecified atom stereocenters. The lowest BCUT2D eigenvalue weighted by molar-refractivity contribution is -0.151. The van der Waals surface area contributed by atoms with Gasteiger partial charge in [0.05, 0.1) is 25.2 Å². The van der Waals surface area contributed by atoms with Crippen molar-refractivity contribution >= 4 is 11.9 Å². The number of unbranched alkanes of at least 4 members (excludes halogenated alkanes) is 30. The van der Waals surface area contributed by atoms with E-state index in [0.717, 1.165) is 83.5 Å². The maximum absolute atomic E-state index is 13.2. The fraction of sp³-hybridized carbons (Fsp3) is 0.852. The van der Waals surface area contributed by atoms with Gasteiger partial charge in [-0.15, -0.1) is 0 Å². The van der Waals surface area contributed by atoms with E-state index in [1.165, 1.54) is 141 Å². The molecular weight excluding hydrogens is 743 g/mol. The number of nitrogens with one attached hydrogen (secondary N) is 1. The lowest BCUT2D eigenvalue weighted by atomic mass is 10.0. The molecule has 0 heterocycles. The van der Waals surface area contributed by atoms with Gasteiger partial charge in [0.25, 0.3) is 0 Å². The van der Waals surface area contributed by atoms with Crippen LogP contribution in [0.5, 0.6) is 0 Å². The molecule has 0 aliphatic heterocycles. The molecule has 352 valence electrons. The first-order chi connectivity index (χ1) is 29.5. The standard InChI is InChI=1S/C54H101NO5/c1-4-7-10-13-16-19-21-23-25-26-27-28-30-32-35-38-41-44-47-54(59)60-50(45-42-39-36-34-31-29-24-22-20-17-14-11-8-5-2)48-53(58)55-51(49-56)52(57)46-43-40-37-33-18-15-12-9-6-3/h25-29,31,50-52,56-57H,4-24,30,32-49H2,1-3H3,(H,55,58)/b26-25+,28-27+,31-29+. The molecule has 6 nitrogen and oxygen atoms in total. The van der Waals surface area contributed by atoms with Crippen LogP contribution >= 0.6 is 0 Å². The van der Waals surface area contributed by atoms with Crippen LogP contribution < -0.4 is 5.32 Å². The highest BCUT2D eigenvalue weighted by Crippen LogP contribution is 2.17. The van der Waals surface area contributed by atoms with Gasteiger partial charge in [-0.1, -0.05) is 218 Å². The second kappa shape index (κ2) is 48.1. The summed E-state index contributed by atoms with van der Waals surface area (Å²) < 4.78 is 5.92. The number of ether oxygens (including phenoxy) is 1. The average Bonchev–Trinajstić information content (AvgIpc) is 3.24. The minimum atomic E-state index is -0.791. The van der Waals surface area contributed by atoms with Gasteiger partial charge in [-0.2, -0.15) is 0 Å². The smallest absolute Gasteiger partial charge is 0.306 e. The van der Waals surface area contributed by atoms with Crippen molar-refractivity contribution in [3.05, 3.63) is 36.5 Å². The predicted molar refractivity (Wildman–Crippen MR) is 259 cm³/mol. The normalized spacial score (nSPS) is 13.5. The van der Waals surface area contributed by atoms with E-state index in [-0.39, 0.29) is 24.9 Å². The van der Waals surface area contributed by atoms with Gasteiger partial charge in [0.2, 0.25) is 5.91 Å². The summed E-state index contributed by atoms with van der Waals surface area (Å²) >= 11 is 0. The number of aliphatic hydroxyl groups excluding tert-OH is 2. The summed E-state index contributed by atoms with van der Waals surface area (Å²) in [5.41, 5.74) is 0. The first kappa shape index (κ1) is 58.1. The Morgan fingerprint density at radius 1 is 0.483 bits per heavy atom. The molecule has 0 bridgehead atoms. The SMILES string of the molecule is CCCCCCCCC/C=C/C=C/CCCCCCCC(=O)OC(CCCCC/C=C/CCCCCCCCC)CC(=O)NC(CO)C(O)CCCCCCCCCCC. The van der Waals surface area contributed by atoms with E-state index >= 15 is 0 Å². The summed E-state index contributed by atoms with van der Waals surface area (Å²) in [5.74, 6) is -0.500. The van der Waals surface area contributed by atoms with Crippen LogP contribution in [0.25, 0.3) is 0 Å². The Balaban J connectivity index is 4.58. The molecule has 60 heavy (non-hydrogen) atoms. The number of aliphatic hydroxyl groups is 2. The second-order valence-electron chi connectivity index (χ2n) is 17.9. The molecule has 0 aromatic carbocycles. The topological polar surface area (TPSA) is 95.9 Å². The van der Waals surface area contributed by atoms with Crippen LogP contribution in [0.3, 0.4) is 0 Å². The Labute approximate surface area is 373 Å². The number of hydrogen-bond acceptors (Lipinski definition) is 5. The Bertz CT molecular complexity index is 993. The highest BCUT2D eigenvalue weighted by atomic mass is 16.5. The molecule has 0 aromatic rings. The van der Waals surface area contributed by atoms with Crippen LogP contribution in [-0.4, -0.2) is 46.9 Å². The molecule has 0 aliphatic carbocycles. The summed E-state index contributed by atoms with van der Waals surface area (Å²) in [5, 5.41) is 23.7. The van der Waals surface area contributed by atoms with Crippen molar-refractivity contribution < 1.29 is 24.5 Å². The third kappa shape index (κ3) is 42.8. The van der Waals surface area contributed by atoms with E-state index in [4.69, 9.17) is 4.74 Å². The lowest BCUT2D eigenvalue weighted by Crippen LogP contribution is -2.46. The van der Waals surface area contributed by atoms with Crippen molar-refractivity contribution in [2.45, 2.75) is 289 Å². The molecule has 0 rings (SSSR count). The highest BCUT2D eigenvalue weighted by molar-refractivity contribution is 5.77. The van der Waals surface area contributed by atoms with Gasteiger partial charge in [0.15, 0.2) is 0 Å². The fourth-order valence-corrected chi connectivity index (χ4v) is 7.95. The summed E-state index contributed by atoms with van der Waals surface area (Å²) in [4.78, 5) is 26.1. The molecule has 0 spiro atoms. The van der Waals surface area contributed by atoms with Crippen molar-refractivity contribution in [3.63, 3.8) is 0 Å². The molecule has 0 fully saturated rings. The van der Waals surface area contributed by atoms with E-state index in [0.29, 0.717) is 19.3 Å². The minimum absolute atomic E-state index is 0.0627. The lowest BCUT2D eigenvalue weighted by Gasteiger charge is -2.24. The van der Waals surface area contributed by atoms with Gasteiger partial charge in [-0.25, -0.2) is 0 Å². The van der Waals surface area contributed by atoms with E-state index in [1.807, 2.05) is 0 Å². The zero-order valence-electron chi connectivity index (χ0n) is 40.1. The van der Waals surface area contributed by atoms with Crippen LogP contribution in [0, 0.1) is 0 Å². The van der Waals surface area contributed by atoms with Crippen molar-refractivity contribution in [1.82, 2.24) is 5.32 Å². The van der Waals surface area contributed by atoms with Gasteiger partial charge in [-0.3, -0.25) is 9.59 Å². The highest BCUT2D eigenvalue weighted by Gasteiger charge is 2.24. The van der Waals surface area contributed by atoms with Crippen LogP contribution in [-0.2, 0) is 14.3 Å². The molecule has 0 radical (unpaired) electrons. The van der Waals surface area contributed by atoms with Crippen molar-refractivity contribution in [1.29, 1.82) is 0 Å². The molecule has 1 amide bonds. The quantitative estimate of drug-likeness (QED) is 0.0245. The molecule has 0 saturated carbocycles. The summed E-state index contributed by atoms with van der Waals surface area (Å²) in [6, 6.07) is -0.706. The largest absolute Gasteiger partial charge is 0.462 e. The predicted octanol–water partition coefficient (Wildman–Crippen LogP) is 15.7. The average molecular weight is 844 g/mol. The van der Waals surface area contributed by atoms with Crippen LogP contribution in [0.2, 0.25) is 0 Å². The van der Waals surface area contributed by atoms with Crippen molar-refractivity contribution in [2.75, 3.05) is 6.61 Å². The van der Waals surface area contributed by atoms with Gasteiger partial charge in [0.1, 0.15) is 6.10 Å². The van der Waals surface area contributed by atoms with Crippen molar-refractivity contribution in [3.8, 4) is 0 Å². The summed E-state index contributed by atoms with van der Waals surface area (Å²) in [7, 11) is 0. The van der Waals surface area contributed by atoms with Crippen LogP contribution in [0.15, 0.2) is 36.5 Å². The van der Waals surface area contributed by atoms with Gasteiger partial charge >= 0.3 is 5.97 Å². The zero-order chi connectivity index (χ0) is 43.8. The second-order valence-corrected chi connectivity index (χ2v) is 17.9. The van der Waals surface area contributed by atoms with Crippen molar-refractivity contribution in [2.24, 2.45) is 0 Å². The van der Waals surface area contributed by atoms with E-state index in [1.54, 1.807) is 0 Å². The number of rotatable bonds is 47. The summed E-state index contributed by atoms with van der Waals surface area (Å²) in [6.07, 6.45) is 56.4. The number of esters is 1. The third-order valence-corrected chi connectivity index (χ3v) is 12.0. The molecular formula is C54H101NO5. The Hall–Kier alpha value is -1.92. The molecule has 0 aliphatic rings. The van der Waals surface area contributed by atoms with Gasteiger partial charge < -0.3 is 20.3 Å². The Kier molecular flexibility index (Phi) is 46.6. The summed E-state index contributed by atoms with van der Waals surface area (Å²) in [6.45, 7) is 6.46. The van der Waals surface area contributed by atoms with Gasteiger partial charge in [0, 0.05) is 6.42 Å². The molecule has 3 N–H and O–H groups in total.